The van der Waals surface area contributed by atoms with E-state index in [9.17, 15) is 0 Å². The van der Waals surface area contributed by atoms with Crippen LogP contribution in [0.1, 0.15) is 23.9 Å². The van der Waals surface area contributed by atoms with Gasteiger partial charge in [0.25, 0.3) is 0 Å². The zero-order chi connectivity index (χ0) is 14.7. The number of aryl methyl sites for hydroxylation is 2. The largest absolute Gasteiger partial charge is 0.486 e. The van der Waals surface area contributed by atoms with Crippen molar-refractivity contribution in [1.29, 1.82) is 5.26 Å². The summed E-state index contributed by atoms with van der Waals surface area (Å²) in [6, 6.07) is 7.13. The van der Waals surface area contributed by atoms with E-state index in [4.69, 9.17) is 33.2 Å². The van der Waals surface area contributed by atoms with Gasteiger partial charge in [-0.2, -0.15) is 10.4 Å². The van der Waals surface area contributed by atoms with Crippen LogP contribution < -0.4 is 4.74 Å². The highest BCUT2D eigenvalue weighted by Crippen LogP contribution is 2.27. The number of halogens is 2. The highest BCUT2D eigenvalue weighted by Gasteiger charge is 2.14. The maximum Gasteiger partial charge on any atom is 0.139 e. The van der Waals surface area contributed by atoms with Crippen LogP contribution in [-0.4, -0.2) is 9.78 Å². The Labute approximate surface area is 127 Å². The lowest BCUT2D eigenvalue weighted by atomic mass is 10.2. The molecule has 1 heterocycles. The van der Waals surface area contributed by atoms with Crippen LogP contribution in [0.5, 0.6) is 5.75 Å². The van der Waals surface area contributed by atoms with Gasteiger partial charge >= 0.3 is 0 Å². The summed E-state index contributed by atoms with van der Waals surface area (Å²) in [5, 5.41) is 14.4. The van der Waals surface area contributed by atoms with Crippen molar-refractivity contribution in [2.45, 2.75) is 27.0 Å². The standard InChI is InChI=1S/C14H13Cl2N3O/c1-3-19-12(14(16)9(2)18-19)8-20-13-6-4-5-11(15)10(13)7-17/h4-6H,3,8H2,1-2H3. The fourth-order valence-electron chi connectivity index (χ4n) is 1.89. The third-order valence-corrected chi connectivity index (χ3v) is 3.71. The molecule has 0 unspecified atom stereocenters. The van der Waals surface area contributed by atoms with Crippen LogP contribution in [0.25, 0.3) is 0 Å². The number of nitriles is 1. The molecule has 0 aliphatic heterocycles. The third kappa shape index (κ3) is 2.74. The molecule has 4 nitrogen and oxygen atoms in total. The summed E-state index contributed by atoms with van der Waals surface area (Å²) in [5.74, 6) is 0.442. The Morgan fingerprint density at radius 1 is 1.40 bits per heavy atom. The van der Waals surface area contributed by atoms with Gasteiger partial charge in [-0.3, -0.25) is 4.68 Å². The molecule has 0 fully saturated rings. The molecule has 6 heteroatoms. The maximum atomic E-state index is 9.10. The maximum absolute atomic E-state index is 9.10. The lowest BCUT2D eigenvalue weighted by Crippen LogP contribution is -2.07. The first-order valence-electron chi connectivity index (χ1n) is 6.11. The quantitative estimate of drug-likeness (QED) is 0.858. The van der Waals surface area contributed by atoms with Gasteiger partial charge in [0.05, 0.1) is 21.4 Å². The second-order valence-electron chi connectivity index (χ2n) is 4.18. The second kappa shape index (κ2) is 6.17. The van der Waals surface area contributed by atoms with E-state index in [-0.39, 0.29) is 6.61 Å². The van der Waals surface area contributed by atoms with E-state index in [1.54, 1.807) is 22.9 Å². The predicted molar refractivity (Wildman–Crippen MR) is 78.1 cm³/mol. The lowest BCUT2D eigenvalue weighted by Gasteiger charge is -2.10. The molecule has 0 bridgehead atoms. The van der Waals surface area contributed by atoms with Crippen molar-refractivity contribution in [1.82, 2.24) is 9.78 Å². The molecule has 0 aliphatic carbocycles. The molecule has 0 amide bonds. The summed E-state index contributed by atoms with van der Waals surface area (Å²) in [4.78, 5) is 0. The third-order valence-electron chi connectivity index (χ3n) is 2.90. The Morgan fingerprint density at radius 3 is 2.80 bits per heavy atom. The fraction of sp³-hybridized carbons (Fsp3) is 0.286. The molecule has 0 N–H and O–H groups in total. The average molecular weight is 310 g/mol. The van der Waals surface area contributed by atoms with Crippen molar-refractivity contribution in [3.05, 3.63) is 45.2 Å². The summed E-state index contributed by atoms with van der Waals surface area (Å²) in [7, 11) is 0. The van der Waals surface area contributed by atoms with Crippen molar-refractivity contribution in [3.63, 3.8) is 0 Å². The molecule has 0 radical (unpaired) electrons. The van der Waals surface area contributed by atoms with E-state index in [0.717, 1.165) is 11.4 Å². The zero-order valence-electron chi connectivity index (χ0n) is 11.2. The molecule has 20 heavy (non-hydrogen) atoms. The van der Waals surface area contributed by atoms with Gasteiger partial charge in [-0.05, 0) is 26.0 Å². The molecule has 0 spiro atoms. The highest BCUT2D eigenvalue weighted by molar-refractivity contribution is 6.32. The van der Waals surface area contributed by atoms with E-state index in [1.807, 2.05) is 19.9 Å². The van der Waals surface area contributed by atoms with Crippen molar-refractivity contribution in [2.24, 2.45) is 0 Å². The van der Waals surface area contributed by atoms with Gasteiger partial charge in [-0.1, -0.05) is 29.3 Å². The fourth-order valence-corrected chi connectivity index (χ4v) is 2.28. The van der Waals surface area contributed by atoms with Crippen LogP contribution >= 0.6 is 23.2 Å². The summed E-state index contributed by atoms with van der Waals surface area (Å²) in [5.41, 5.74) is 1.87. The molecular weight excluding hydrogens is 297 g/mol. The first kappa shape index (κ1) is 14.7. The number of rotatable bonds is 4. The van der Waals surface area contributed by atoms with E-state index in [1.165, 1.54) is 0 Å². The number of benzene rings is 1. The molecule has 0 atom stereocenters. The van der Waals surface area contributed by atoms with Crippen LogP contribution in [-0.2, 0) is 13.2 Å². The average Bonchev–Trinajstić information content (AvgIpc) is 2.72. The Hall–Kier alpha value is -1.70. The second-order valence-corrected chi connectivity index (χ2v) is 4.96. The first-order chi connectivity index (χ1) is 9.58. The molecule has 2 aromatic rings. The number of ether oxygens (including phenoxy) is 1. The van der Waals surface area contributed by atoms with Crippen LogP contribution in [0.3, 0.4) is 0 Å². The number of hydrogen-bond acceptors (Lipinski definition) is 3. The number of hydrogen-bond donors (Lipinski definition) is 0. The van der Waals surface area contributed by atoms with Gasteiger partial charge in [-0.25, -0.2) is 0 Å². The Balaban J connectivity index is 2.26. The molecule has 1 aromatic carbocycles. The molecule has 0 saturated carbocycles. The van der Waals surface area contributed by atoms with E-state index < -0.39 is 0 Å². The van der Waals surface area contributed by atoms with Gasteiger partial charge in [-0.15, -0.1) is 0 Å². The van der Waals surface area contributed by atoms with Crippen LogP contribution in [0.15, 0.2) is 18.2 Å². The summed E-state index contributed by atoms with van der Waals surface area (Å²) >= 11 is 12.2. The smallest absolute Gasteiger partial charge is 0.139 e. The molecular formula is C14H13Cl2N3O. The summed E-state index contributed by atoms with van der Waals surface area (Å²) < 4.78 is 7.47. The minimum atomic E-state index is 0.239. The molecule has 104 valence electrons. The Kier molecular flexibility index (Phi) is 4.53. The minimum absolute atomic E-state index is 0.239. The normalized spacial score (nSPS) is 10.3. The predicted octanol–water partition coefficient (Wildman–Crippen LogP) is 3.97. The topological polar surface area (TPSA) is 50.8 Å². The van der Waals surface area contributed by atoms with Crippen molar-refractivity contribution in [3.8, 4) is 11.8 Å². The first-order valence-corrected chi connectivity index (χ1v) is 6.87. The van der Waals surface area contributed by atoms with Crippen molar-refractivity contribution < 1.29 is 4.74 Å². The number of aromatic nitrogens is 2. The summed E-state index contributed by atoms with van der Waals surface area (Å²) in [6.45, 7) is 4.76. The highest BCUT2D eigenvalue weighted by atomic mass is 35.5. The van der Waals surface area contributed by atoms with E-state index in [2.05, 4.69) is 5.10 Å². The van der Waals surface area contributed by atoms with Crippen LogP contribution in [0, 0.1) is 18.3 Å². The van der Waals surface area contributed by atoms with Crippen LogP contribution in [0.2, 0.25) is 10.0 Å². The van der Waals surface area contributed by atoms with Gasteiger partial charge in [0, 0.05) is 6.54 Å². The SMILES string of the molecule is CCn1nc(C)c(Cl)c1COc1cccc(Cl)c1C#N. The lowest BCUT2D eigenvalue weighted by molar-refractivity contribution is 0.292. The minimum Gasteiger partial charge on any atom is -0.486 e. The van der Waals surface area contributed by atoms with Crippen molar-refractivity contribution in [2.75, 3.05) is 0 Å². The number of nitrogens with zero attached hydrogens (tertiary/aromatic N) is 3. The van der Waals surface area contributed by atoms with Gasteiger partial charge in [0.15, 0.2) is 0 Å². The van der Waals surface area contributed by atoms with Gasteiger partial charge in [0.2, 0.25) is 0 Å². The Morgan fingerprint density at radius 2 is 2.15 bits per heavy atom. The monoisotopic (exact) mass is 309 g/mol. The van der Waals surface area contributed by atoms with Gasteiger partial charge in [0.1, 0.15) is 24.0 Å². The van der Waals surface area contributed by atoms with Gasteiger partial charge < -0.3 is 4.74 Å². The van der Waals surface area contributed by atoms with Crippen molar-refractivity contribution >= 4 is 23.2 Å². The molecule has 2 rings (SSSR count). The zero-order valence-corrected chi connectivity index (χ0v) is 12.7. The molecule has 0 saturated heterocycles. The van der Waals surface area contributed by atoms with E-state index >= 15 is 0 Å². The van der Waals surface area contributed by atoms with E-state index in [0.29, 0.717) is 27.9 Å². The summed E-state index contributed by atoms with van der Waals surface area (Å²) in [6.07, 6.45) is 0. The molecule has 0 aliphatic rings. The Bertz CT molecular complexity index is 674. The molecule has 1 aromatic heterocycles. The van der Waals surface area contributed by atoms with Crippen LogP contribution in [0.4, 0.5) is 0 Å².